The number of aryl methyl sites for hydroxylation is 1. The molecule has 6 rings (SSSR count). The molecule has 7 nitrogen and oxygen atoms in total. The van der Waals surface area contributed by atoms with Crippen LogP contribution in [0.5, 0.6) is 5.88 Å². The molecule has 1 saturated heterocycles. The number of nitrogens with zero attached hydrogens (tertiary/aromatic N) is 4. The lowest BCUT2D eigenvalue weighted by Gasteiger charge is -2.19. The molecular weight excluding hydrogens is 651 g/mol. The van der Waals surface area contributed by atoms with Crippen LogP contribution in [0.2, 0.25) is 30.1 Å². The first-order valence-corrected chi connectivity index (χ1v) is 14.4. The number of nitrogens with one attached hydrogen (secondary N) is 1. The zero-order chi connectivity index (χ0) is 29.3. The Morgan fingerprint density at radius 2 is 1.39 bits per heavy atom. The molecular formula is C28H17Cl6N5O2. The largest absolute Gasteiger partial charge is 0.493 e. The highest BCUT2D eigenvalue weighted by Gasteiger charge is 2.40. The monoisotopic (exact) mass is 665 g/mol. The number of benzene rings is 3. The summed E-state index contributed by atoms with van der Waals surface area (Å²) >= 11 is 37.9. The number of hydrogen-bond acceptors (Lipinski definition) is 5. The Labute approximate surface area is 264 Å². The highest BCUT2D eigenvalue weighted by atomic mass is 35.5. The van der Waals surface area contributed by atoms with Crippen molar-refractivity contribution in [2.45, 2.75) is 19.9 Å². The number of aromatic hydroxyl groups is 1. The molecule has 2 aliphatic rings. The van der Waals surface area contributed by atoms with E-state index in [0.29, 0.717) is 49.4 Å². The number of carbonyl (C=O) groups excluding carboxylic acids is 1. The van der Waals surface area contributed by atoms with Gasteiger partial charge in [0, 0.05) is 21.2 Å². The van der Waals surface area contributed by atoms with Crippen LogP contribution in [0.15, 0.2) is 59.1 Å². The van der Waals surface area contributed by atoms with Crippen molar-refractivity contribution >= 4 is 92.6 Å². The first-order chi connectivity index (χ1) is 19.5. The van der Waals surface area contributed by atoms with Crippen molar-refractivity contribution in [2.24, 2.45) is 4.99 Å². The molecule has 208 valence electrons. The molecule has 3 aromatic carbocycles. The maximum atomic E-state index is 13.9. The number of halogens is 6. The van der Waals surface area contributed by atoms with Gasteiger partial charge in [-0.2, -0.15) is 9.78 Å². The quantitative estimate of drug-likeness (QED) is 0.215. The maximum absolute atomic E-state index is 13.9. The number of anilines is 1. The molecule has 1 amide bonds. The molecule has 1 fully saturated rings. The van der Waals surface area contributed by atoms with Gasteiger partial charge in [-0.3, -0.25) is 4.79 Å². The summed E-state index contributed by atoms with van der Waals surface area (Å²) in [6.45, 7) is 3.57. The second-order valence-corrected chi connectivity index (χ2v) is 11.9. The van der Waals surface area contributed by atoms with Crippen molar-refractivity contribution in [3.05, 3.63) is 107 Å². The lowest BCUT2D eigenvalue weighted by Crippen LogP contribution is -2.37. The molecule has 0 spiro atoms. The van der Waals surface area contributed by atoms with Gasteiger partial charge < -0.3 is 5.11 Å². The third-order valence-electron chi connectivity index (χ3n) is 6.78. The molecule has 13 heteroatoms. The van der Waals surface area contributed by atoms with Crippen LogP contribution < -0.4 is 10.4 Å². The average molecular weight is 668 g/mol. The second kappa shape index (κ2) is 10.5. The van der Waals surface area contributed by atoms with Crippen LogP contribution in [0.4, 0.5) is 5.69 Å². The standard InChI is InChI=1S/C28H17Cl6N5O2/c1-11-21(27(40)38(36-11)25-17(31)7-13(29)8-18(25)32)23-15-5-3-4-6-16(15)24(35-23)22-12(2)37-39(28(22)41)26-19(33)9-14(30)10-20(26)34/h3-11,36,41H,1-2H3/b23-21-. The van der Waals surface area contributed by atoms with E-state index in [4.69, 9.17) is 74.6 Å². The highest BCUT2D eigenvalue weighted by Crippen LogP contribution is 2.43. The van der Waals surface area contributed by atoms with Crippen molar-refractivity contribution in [3.8, 4) is 11.6 Å². The van der Waals surface area contributed by atoms with Crippen molar-refractivity contribution in [1.29, 1.82) is 0 Å². The van der Waals surface area contributed by atoms with E-state index in [2.05, 4.69) is 10.5 Å². The predicted octanol–water partition coefficient (Wildman–Crippen LogP) is 8.31. The van der Waals surface area contributed by atoms with E-state index in [1.807, 2.05) is 31.2 Å². The third-order valence-corrected chi connectivity index (χ3v) is 8.37. The average Bonchev–Trinajstić information content (AvgIpc) is 3.48. The Morgan fingerprint density at radius 3 is 1.98 bits per heavy atom. The zero-order valence-corrected chi connectivity index (χ0v) is 25.6. The summed E-state index contributed by atoms with van der Waals surface area (Å²) in [5.74, 6) is -0.603. The first-order valence-electron chi connectivity index (χ1n) is 12.1. The van der Waals surface area contributed by atoms with Crippen LogP contribution in [-0.2, 0) is 4.79 Å². The smallest absolute Gasteiger partial charge is 0.272 e. The third kappa shape index (κ3) is 4.61. The van der Waals surface area contributed by atoms with Crippen LogP contribution in [0.3, 0.4) is 0 Å². The van der Waals surface area contributed by atoms with Gasteiger partial charge in [-0.15, -0.1) is 0 Å². The number of hydrogen-bond donors (Lipinski definition) is 2. The van der Waals surface area contributed by atoms with Crippen molar-refractivity contribution in [2.75, 3.05) is 5.01 Å². The molecule has 0 saturated carbocycles. The van der Waals surface area contributed by atoms with E-state index in [-0.39, 0.29) is 43.3 Å². The number of fused-ring (bicyclic) bond motifs is 1. The minimum Gasteiger partial charge on any atom is -0.493 e. The maximum Gasteiger partial charge on any atom is 0.272 e. The van der Waals surface area contributed by atoms with E-state index >= 15 is 0 Å². The number of amides is 1. The minimum absolute atomic E-state index is 0.208. The topological polar surface area (TPSA) is 82.7 Å². The number of rotatable bonds is 3. The Hall–Kier alpha value is -2.75. The van der Waals surface area contributed by atoms with Crippen molar-refractivity contribution in [1.82, 2.24) is 15.2 Å². The van der Waals surface area contributed by atoms with E-state index in [1.54, 1.807) is 6.92 Å². The van der Waals surface area contributed by atoms with Crippen molar-refractivity contribution < 1.29 is 9.90 Å². The summed E-state index contributed by atoms with van der Waals surface area (Å²) in [6, 6.07) is 13.0. The lowest BCUT2D eigenvalue weighted by molar-refractivity contribution is -0.114. The molecule has 3 heterocycles. The summed E-state index contributed by atoms with van der Waals surface area (Å²) in [5, 5.41) is 18.8. The first kappa shape index (κ1) is 28.4. The number of aliphatic imine (C=N–C) groups is 1. The summed E-state index contributed by atoms with van der Waals surface area (Å²) < 4.78 is 1.25. The van der Waals surface area contributed by atoms with Crippen LogP contribution in [0.25, 0.3) is 11.4 Å². The van der Waals surface area contributed by atoms with Gasteiger partial charge in [0.15, 0.2) is 0 Å². The molecule has 1 aromatic heterocycles. The van der Waals surface area contributed by atoms with E-state index in [9.17, 15) is 9.90 Å². The molecule has 2 aliphatic heterocycles. The molecule has 4 aromatic rings. The van der Waals surface area contributed by atoms with Gasteiger partial charge in [0.25, 0.3) is 5.91 Å². The van der Waals surface area contributed by atoms with Gasteiger partial charge in [-0.25, -0.2) is 15.4 Å². The lowest BCUT2D eigenvalue weighted by atomic mass is 9.97. The van der Waals surface area contributed by atoms with Gasteiger partial charge in [-0.05, 0) is 38.1 Å². The summed E-state index contributed by atoms with van der Waals surface area (Å²) in [6.07, 6.45) is 0. The van der Waals surface area contributed by atoms with Gasteiger partial charge in [0.05, 0.1) is 60.1 Å². The number of carbonyl (C=O) groups is 1. The normalized spacial score (nSPS) is 18.3. The van der Waals surface area contributed by atoms with Gasteiger partial charge in [0.2, 0.25) is 5.88 Å². The summed E-state index contributed by atoms with van der Waals surface area (Å²) in [5.41, 5.74) is 7.22. The molecule has 41 heavy (non-hydrogen) atoms. The molecule has 0 aliphatic carbocycles. The Balaban J connectivity index is 1.52. The Kier molecular flexibility index (Phi) is 7.27. The summed E-state index contributed by atoms with van der Waals surface area (Å²) in [4.78, 5) is 18.8. The second-order valence-electron chi connectivity index (χ2n) is 9.39. The fourth-order valence-corrected chi connectivity index (χ4v) is 7.02. The summed E-state index contributed by atoms with van der Waals surface area (Å²) in [7, 11) is 0. The Bertz CT molecular complexity index is 1820. The van der Waals surface area contributed by atoms with Crippen LogP contribution >= 0.6 is 69.6 Å². The SMILES string of the molecule is Cc1nn(-c2c(Cl)cc(Cl)cc2Cl)c(O)c1C1=N/C(=C2\C(=O)N(c3c(Cl)cc(Cl)cc3Cl)NC2C)c2ccccc21. The van der Waals surface area contributed by atoms with E-state index in [1.165, 1.54) is 34.0 Å². The fraction of sp³-hybridized carbons (Fsp3) is 0.107. The molecule has 1 atom stereocenters. The predicted molar refractivity (Wildman–Crippen MR) is 166 cm³/mol. The minimum atomic E-state index is -0.458. The molecule has 0 radical (unpaired) electrons. The Morgan fingerprint density at radius 1 is 0.854 bits per heavy atom. The van der Waals surface area contributed by atoms with Crippen LogP contribution in [0, 0.1) is 6.92 Å². The van der Waals surface area contributed by atoms with Gasteiger partial charge in [0.1, 0.15) is 5.69 Å². The fourth-order valence-electron chi connectivity index (χ4n) is 5.05. The van der Waals surface area contributed by atoms with Gasteiger partial charge in [-0.1, -0.05) is 93.9 Å². The highest BCUT2D eigenvalue weighted by molar-refractivity contribution is 6.43. The molecule has 1 unspecified atom stereocenters. The van der Waals surface area contributed by atoms with E-state index in [0.717, 1.165) is 0 Å². The zero-order valence-electron chi connectivity index (χ0n) is 21.1. The molecule has 2 N–H and O–H groups in total. The number of hydrazine groups is 1. The van der Waals surface area contributed by atoms with Crippen molar-refractivity contribution in [3.63, 3.8) is 0 Å². The van der Waals surface area contributed by atoms with E-state index < -0.39 is 6.04 Å². The molecule has 0 bridgehead atoms. The van der Waals surface area contributed by atoms with Gasteiger partial charge >= 0.3 is 0 Å². The van der Waals surface area contributed by atoms with Crippen LogP contribution in [0.1, 0.15) is 29.3 Å². The van der Waals surface area contributed by atoms with Crippen LogP contribution in [-0.4, -0.2) is 32.5 Å². The number of aromatic nitrogens is 2.